The molecule has 0 fully saturated rings. The van der Waals surface area contributed by atoms with E-state index in [0.717, 1.165) is 16.4 Å². The first-order chi connectivity index (χ1) is 13.8. The lowest BCUT2D eigenvalue weighted by atomic mass is 10.2. The number of amides is 1. The quantitative estimate of drug-likeness (QED) is 0.517. The fourth-order valence-corrected chi connectivity index (χ4v) is 3.33. The molecule has 0 unspecified atom stereocenters. The third-order valence-electron chi connectivity index (χ3n) is 4.10. The van der Waals surface area contributed by atoms with E-state index >= 15 is 0 Å². The van der Waals surface area contributed by atoms with Crippen molar-refractivity contribution in [3.63, 3.8) is 0 Å². The van der Waals surface area contributed by atoms with Gasteiger partial charge in [-0.15, -0.1) is 0 Å². The summed E-state index contributed by atoms with van der Waals surface area (Å²) in [5.74, 6) is 0.338. The second-order valence-corrected chi connectivity index (χ2v) is 6.69. The monoisotopic (exact) mass is 387 g/mol. The number of rotatable bonds is 5. The molecule has 0 radical (unpaired) electrons. The molecule has 0 saturated carbocycles. The van der Waals surface area contributed by atoms with E-state index in [4.69, 9.17) is 0 Å². The summed E-state index contributed by atoms with van der Waals surface area (Å²) < 4.78 is 1.83. The van der Waals surface area contributed by atoms with Crippen LogP contribution in [0.5, 0.6) is 0 Å². The van der Waals surface area contributed by atoms with E-state index in [1.54, 1.807) is 18.6 Å². The number of imidazole rings is 1. The van der Waals surface area contributed by atoms with E-state index in [1.165, 1.54) is 11.8 Å². The van der Waals surface area contributed by atoms with Gasteiger partial charge in [-0.25, -0.2) is 15.0 Å². The zero-order valence-electron chi connectivity index (χ0n) is 15.1. The summed E-state index contributed by atoms with van der Waals surface area (Å²) in [4.78, 5) is 25.9. The first-order valence-corrected chi connectivity index (χ1v) is 9.84. The molecule has 0 spiro atoms. The number of hydrogen-bond donors (Lipinski definition) is 1. The van der Waals surface area contributed by atoms with Crippen molar-refractivity contribution in [2.45, 2.75) is 5.16 Å². The lowest BCUT2D eigenvalue weighted by Gasteiger charge is -2.11. The molecule has 0 atom stereocenters. The van der Waals surface area contributed by atoms with Crippen LogP contribution in [-0.2, 0) is 0 Å². The van der Waals surface area contributed by atoms with Gasteiger partial charge in [0.2, 0.25) is 0 Å². The third kappa shape index (κ3) is 3.65. The molecule has 0 bridgehead atoms. The molecule has 4 aromatic rings. The maximum atomic E-state index is 12.9. The van der Waals surface area contributed by atoms with Crippen LogP contribution >= 0.6 is 11.8 Å². The second kappa shape index (κ2) is 8.06. The number of benzene rings is 2. The third-order valence-corrected chi connectivity index (χ3v) is 4.75. The van der Waals surface area contributed by atoms with E-state index in [9.17, 15) is 4.79 Å². The van der Waals surface area contributed by atoms with Crippen LogP contribution in [0, 0.1) is 0 Å². The number of carbonyl (C=O) groups is 1. The number of aromatic nitrogens is 4. The summed E-state index contributed by atoms with van der Waals surface area (Å²) in [6, 6.07) is 19.4. The molecule has 2 aromatic heterocycles. The Labute approximate surface area is 166 Å². The molecule has 1 N–H and O–H groups in total. The van der Waals surface area contributed by atoms with Gasteiger partial charge in [-0.2, -0.15) is 0 Å². The Hall–Kier alpha value is -3.45. The van der Waals surface area contributed by atoms with Crippen LogP contribution in [0.25, 0.3) is 17.1 Å². The Morgan fingerprint density at radius 2 is 1.54 bits per heavy atom. The van der Waals surface area contributed by atoms with Crippen molar-refractivity contribution in [1.82, 2.24) is 19.5 Å². The summed E-state index contributed by atoms with van der Waals surface area (Å²) in [6.45, 7) is 0. The number of para-hydroxylation sites is 1. The molecule has 0 aliphatic rings. The van der Waals surface area contributed by atoms with E-state index in [2.05, 4.69) is 20.3 Å². The zero-order valence-corrected chi connectivity index (χ0v) is 15.9. The Bertz CT molecular complexity index is 1080. The highest BCUT2D eigenvalue weighted by molar-refractivity contribution is 7.98. The fourth-order valence-electron chi connectivity index (χ4n) is 2.79. The highest BCUT2D eigenvalue weighted by Gasteiger charge is 2.18. The number of carbonyl (C=O) groups excluding carboxylic acids is 1. The maximum absolute atomic E-state index is 12.9. The van der Waals surface area contributed by atoms with Crippen molar-refractivity contribution in [2.24, 2.45) is 0 Å². The standard InChI is InChI=1S/C21H17N5OS/c1-28-21-24-14-18(26(21)17-10-6-3-7-11-17)20(27)25-16-12-22-19(23-13-16)15-8-4-2-5-9-15/h2-14H,1H3,(H,25,27). The molecule has 138 valence electrons. The predicted molar refractivity (Wildman–Crippen MR) is 111 cm³/mol. The number of thioether (sulfide) groups is 1. The lowest BCUT2D eigenvalue weighted by molar-refractivity contribution is 0.102. The van der Waals surface area contributed by atoms with Gasteiger partial charge in [0.05, 0.1) is 24.3 Å². The second-order valence-electron chi connectivity index (χ2n) is 5.92. The molecule has 7 heteroatoms. The largest absolute Gasteiger partial charge is 0.318 e. The molecule has 4 rings (SSSR count). The van der Waals surface area contributed by atoms with Gasteiger partial charge in [-0.3, -0.25) is 9.36 Å². The summed E-state index contributed by atoms with van der Waals surface area (Å²) in [5, 5.41) is 3.59. The van der Waals surface area contributed by atoms with Crippen LogP contribution in [0.15, 0.2) is 84.4 Å². The SMILES string of the molecule is CSc1ncc(C(=O)Nc2cnc(-c3ccccc3)nc2)n1-c1ccccc1. The summed E-state index contributed by atoms with van der Waals surface area (Å²) in [7, 11) is 0. The molecule has 1 amide bonds. The van der Waals surface area contributed by atoms with Crippen molar-refractivity contribution in [3.05, 3.63) is 84.9 Å². The molecule has 0 aliphatic carbocycles. The minimum atomic E-state index is -0.271. The molecular weight excluding hydrogens is 370 g/mol. The molecule has 2 aromatic carbocycles. The Balaban J connectivity index is 1.59. The number of anilines is 1. The van der Waals surface area contributed by atoms with Crippen LogP contribution in [0.3, 0.4) is 0 Å². The average molecular weight is 387 g/mol. The van der Waals surface area contributed by atoms with Crippen LogP contribution in [0.2, 0.25) is 0 Å². The molecular formula is C21H17N5OS. The van der Waals surface area contributed by atoms with E-state index in [0.29, 0.717) is 17.2 Å². The Morgan fingerprint density at radius 1 is 0.893 bits per heavy atom. The molecule has 28 heavy (non-hydrogen) atoms. The highest BCUT2D eigenvalue weighted by Crippen LogP contribution is 2.22. The maximum Gasteiger partial charge on any atom is 0.274 e. The number of hydrogen-bond acceptors (Lipinski definition) is 5. The van der Waals surface area contributed by atoms with Crippen molar-refractivity contribution >= 4 is 23.4 Å². The van der Waals surface area contributed by atoms with E-state index < -0.39 is 0 Å². The van der Waals surface area contributed by atoms with Crippen molar-refractivity contribution in [1.29, 1.82) is 0 Å². The normalized spacial score (nSPS) is 10.6. The minimum Gasteiger partial charge on any atom is -0.318 e. The van der Waals surface area contributed by atoms with Gasteiger partial charge in [0.1, 0.15) is 5.69 Å². The average Bonchev–Trinajstić information content (AvgIpc) is 3.20. The van der Waals surface area contributed by atoms with Gasteiger partial charge in [-0.1, -0.05) is 60.3 Å². The summed E-state index contributed by atoms with van der Waals surface area (Å²) in [5.41, 5.74) is 2.77. The molecule has 6 nitrogen and oxygen atoms in total. The topological polar surface area (TPSA) is 72.7 Å². The van der Waals surface area contributed by atoms with Crippen LogP contribution in [-0.4, -0.2) is 31.7 Å². The summed E-state index contributed by atoms with van der Waals surface area (Å²) >= 11 is 1.48. The molecule has 0 saturated heterocycles. The summed E-state index contributed by atoms with van der Waals surface area (Å²) in [6.07, 6.45) is 6.71. The lowest BCUT2D eigenvalue weighted by Crippen LogP contribution is -2.17. The Kier molecular flexibility index (Phi) is 5.16. The minimum absolute atomic E-state index is 0.271. The van der Waals surface area contributed by atoms with Crippen molar-refractivity contribution in [2.75, 3.05) is 11.6 Å². The smallest absolute Gasteiger partial charge is 0.274 e. The van der Waals surface area contributed by atoms with Crippen LogP contribution in [0.1, 0.15) is 10.5 Å². The van der Waals surface area contributed by atoms with Gasteiger partial charge >= 0.3 is 0 Å². The van der Waals surface area contributed by atoms with Crippen molar-refractivity contribution < 1.29 is 4.79 Å². The predicted octanol–water partition coefficient (Wildman–Crippen LogP) is 4.30. The highest BCUT2D eigenvalue weighted by atomic mass is 32.2. The van der Waals surface area contributed by atoms with E-state index in [-0.39, 0.29) is 5.91 Å². The van der Waals surface area contributed by atoms with Crippen molar-refractivity contribution in [3.8, 4) is 17.1 Å². The molecule has 2 heterocycles. The zero-order chi connectivity index (χ0) is 19.3. The first-order valence-electron chi connectivity index (χ1n) is 8.62. The van der Waals surface area contributed by atoms with Gasteiger partial charge in [0.25, 0.3) is 5.91 Å². The first kappa shape index (κ1) is 17.9. The number of nitrogens with zero attached hydrogens (tertiary/aromatic N) is 4. The van der Waals surface area contributed by atoms with Gasteiger partial charge in [0.15, 0.2) is 11.0 Å². The van der Waals surface area contributed by atoms with Crippen LogP contribution in [0.4, 0.5) is 5.69 Å². The van der Waals surface area contributed by atoms with Gasteiger partial charge < -0.3 is 5.32 Å². The van der Waals surface area contributed by atoms with Crippen LogP contribution < -0.4 is 5.32 Å². The van der Waals surface area contributed by atoms with Gasteiger partial charge in [-0.05, 0) is 18.4 Å². The molecule has 0 aliphatic heterocycles. The van der Waals surface area contributed by atoms with Gasteiger partial charge in [0, 0.05) is 11.3 Å². The van der Waals surface area contributed by atoms with E-state index in [1.807, 2.05) is 71.5 Å². The number of nitrogens with one attached hydrogen (secondary N) is 1. The Morgan fingerprint density at radius 3 is 2.18 bits per heavy atom. The fraction of sp³-hybridized carbons (Fsp3) is 0.0476.